The zero-order chi connectivity index (χ0) is 31.8. The van der Waals surface area contributed by atoms with Crippen LogP contribution in [0.15, 0.2) is 106 Å². The van der Waals surface area contributed by atoms with Gasteiger partial charge in [0, 0.05) is 22.4 Å². The lowest BCUT2D eigenvalue weighted by atomic mass is 9.78. The van der Waals surface area contributed by atoms with E-state index < -0.39 is 8.07 Å². The standard InChI is InChI=1S/C39H50N3OSi/c1-25(2)21-35-38(28(5)43-29(6)40-7)26(3)19-20-34-32-17-13-14-18-33(32)36-23-31(22-30-15-11-12-16-30)37(44(8,9)10)24-42(36)39(34)27(4)41-35/h13-14,17-18,21,23-24,30,34,39H,4-7,11-12,15-16,19-20,22H2,1-3,8-10H3/q+1. The SMILES string of the molecule is C=NC(=C)OC(=C)C1=C(C)CCC2c3ccccc3-c3cc(CC4CCCC4)c([Si](C)(C)C)c[n+]3C2C(=C)N=C1C=C(C)C. The Bertz CT molecular complexity index is 1610. The van der Waals surface area contributed by atoms with Crippen LogP contribution in [0, 0.1) is 5.92 Å². The summed E-state index contributed by atoms with van der Waals surface area (Å²) in [6.07, 6.45) is 13.1. The third-order valence-electron chi connectivity index (χ3n) is 9.55. The number of nitrogens with zero attached hydrogens (tertiary/aromatic N) is 3. The predicted octanol–water partition coefficient (Wildman–Crippen LogP) is 9.29. The van der Waals surface area contributed by atoms with E-state index in [1.54, 1.807) is 10.8 Å². The maximum absolute atomic E-state index is 5.93. The van der Waals surface area contributed by atoms with Crippen molar-refractivity contribution in [2.75, 3.05) is 0 Å². The largest absolute Gasteiger partial charge is 0.440 e. The van der Waals surface area contributed by atoms with Gasteiger partial charge in [-0.05, 0) is 82.5 Å². The van der Waals surface area contributed by atoms with Crippen LogP contribution in [0.3, 0.4) is 0 Å². The van der Waals surface area contributed by atoms with Crippen LogP contribution in [0.25, 0.3) is 11.3 Å². The summed E-state index contributed by atoms with van der Waals surface area (Å²) in [5.41, 5.74) is 10.5. The van der Waals surface area contributed by atoms with E-state index in [1.807, 2.05) is 0 Å². The summed E-state index contributed by atoms with van der Waals surface area (Å²) >= 11 is 0. The number of fused-ring (bicyclic) bond motifs is 6. The third-order valence-corrected chi connectivity index (χ3v) is 11.6. The van der Waals surface area contributed by atoms with Crippen molar-refractivity contribution in [1.82, 2.24) is 0 Å². The maximum Gasteiger partial charge on any atom is 0.213 e. The van der Waals surface area contributed by atoms with Gasteiger partial charge in [-0.1, -0.05) is 87.8 Å². The summed E-state index contributed by atoms with van der Waals surface area (Å²) in [7, 11) is -1.66. The molecule has 1 saturated carbocycles. The molecule has 2 unspecified atom stereocenters. The molecule has 0 N–H and O–H groups in total. The summed E-state index contributed by atoms with van der Waals surface area (Å²) in [5.74, 6) is 1.74. The topological polar surface area (TPSA) is 37.8 Å². The minimum Gasteiger partial charge on any atom is -0.440 e. The van der Waals surface area contributed by atoms with E-state index in [1.165, 1.54) is 54.5 Å². The molecule has 0 radical (unpaired) electrons. The Kier molecular flexibility index (Phi) is 9.27. The molecule has 5 rings (SSSR count). The highest BCUT2D eigenvalue weighted by molar-refractivity contribution is 6.89. The molecule has 0 saturated heterocycles. The molecule has 0 bridgehead atoms. The zero-order valence-electron chi connectivity index (χ0n) is 27.8. The van der Waals surface area contributed by atoms with E-state index in [0.717, 1.165) is 41.3 Å². The van der Waals surface area contributed by atoms with Gasteiger partial charge in [0.2, 0.25) is 17.6 Å². The molecule has 1 aromatic heterocycles. The van der Waals surface area contributed by atoms with Gasteiger partial charge >= 0.3 is 0 Å². The summed E-state index contributed by atoms with van der Waals surface area (Å²) in [5, 5.41) is 1.57. The second-order valence-electron chi connectivity index (χ2n) is 14.2. The lowest BCUT2D eigenvalue weighted by Gasteiger charge is -2.32. The van der Waals surface area contributed by atoms with Gasteiger partial charge in [-0.25, -0.2) is 9.98 Å². The average molecular weight is 605 g/mol. The first-order valence-electron chi connectivity index (χ1n) is 16.2. The summed E-state index contributed by atoms with van der Waals surface area (Å²) < 4.78 is 8.47. The number of aliphatic imine (C=N–C) groups is 2. The molecule has 1 aliphatic carbocycles. The minimum absolute atomic E-state index is 0.00207. The smallest absolute Gasteiger partial charge is 0.213 e. The number of rotatable bonds is 8. The normalized spacial score (nSPS) is 20.3. The number of pyridine rings is 1. The van der Waals surface area contributed by atoms with Crippen LogP contribution in [-0.4, -0.2) is 20.5 Å². The highest BCUT2D eigenvalue weighted by Gasteiger charge is 2.44. The molecular formula is C39H50N3OSi+. The van der Waals surface area contributed by atoms with Gasteiger partial charge in [0.1, 0.15) is 11.5 Å². The maximum atomic E-state index is 5.93. The van der Waals surface area contributed by atoms with Crippen LogP contribution in [0.5, 0.6) is 0 Å². The number of hydrogen-bond acceptors (Lipinski definition) is 3. The van der Waals surface area contributed by atoms with E-state index >= 15 is 0 Å². The molecule has 4 nitrogen and oxygen atoms in total. The molecule has 1 aromatic carbocycles. The van der Waals surface area contributed by atoms with E-state index in [-0.39, 0.29) is 17.8 Å². The number of allylic oxidation sites excluding steroid dienone is 5. The molecule has 230 valence electrons. The van der Waals surface area contributed by atoms with E-state index in [2.05, 4.69) is 112 Å². The van der Waals surface area contributed by atoms with E-state index in [4.69, 9.17) is 16.3 Å². The third kappa shape index (κ3) is 6.44. The number of aromatic nitrogens is 1. The molecule has 3 heterocycles. The van der Waals surface area contributed by atoms with Crippen molar-refractivity contribution in [3.8, 4) is 11.3 Å². The summed E-state index contributed by atoms with van der Waals surface area (Å²) in [4.78, 5) is 9.20. The quantitative estimate of drug-likeness (QED) is 0.128. The number of hydrogen-bond donors (Lipinski definition) is 0. The Hall–Kier alpha value is -3.57. The number of benzene rings is 1. The molecule has 2 atom stereocenters. The minimum atomic E-state index is -1.66. The first kappa shape index (κ1) is 31.8. The van der Waals surface area contributed by atoms with E-state index in [0.29, 0.717) is 5.76 Å². The first-order chi connectivity index (χ1) is 20.9. The average Bonchev–Trinajstić information content (AvgIpc) is 3.48. The van der Waals surface area contributed by atoms with Crippen molar-refractivity contribution in [1.29, 1.82) is 0 Å². The van der Waals surface area contributed by atoms with Crippen molar-refractivity contribution in [3.05, 3.63) is 108 Å². The zero-order valence-corrected chi connectivity index (χ0v) is 28.8. The highest BCUT2D eigenvalue weighted by atomic mass is 28.3. The molecule has 0 spiro atoms. The molecular weight excluding hydrogens is 555 g/mol. The van der Waals surface area contributed by atoms with Crippen LogP contribution in [0.4, 0.5) is 0 Å². The predicted molar refractivity (Wildman–Crippen MR) is 189 cm³/mol. The lowest BCUT2D eigenvalue weighted by molar-refractivity contribution is -0.708. The van der Waals surface area contributed by atoms with Gasteiger partial charge in [0.25, 0.3) is 0 Å². The Labute approximate surface area is 266 Å². The van der Waals surface area contributed by atoms with E-state index in [9.17, 15) is 0 Å². The molecule has 2 aromatic rings. The van der Waals surface area contributed by atoms with Crippen molar-refractivity contribution < 1.29 is 9.30 Å². The van der Waals surface area contributed by atoms with Crippen LogP contribution >= 0.6 is 0 Å². The Morgan fingerprint density at radius 2 is 1.82 bits per heavy atom. The lowest BCUT2D eigenvalue weighted by Crippen LogP contribution is -2.54. The van der Waals surface area contributed by atoms with Crippen molar-refractivity contribution >= 4 is 25.7 Å². The van der Waals surface area contributed by atoms with Crippen molar-refractivity contribution in [2.24, 2.45) is 15.9 Å². The van der Waals surface area contributed by atoms with Gasteiger partial charge in [-0.15, -0.1) is 0 Å². The molecule has 5 heteroatoms. The molecule has 0 amide bonds. The highest BCUT2D eigenvalue weighted by Crippen LogP contribution is 2.45. The second kappa shape index (κ2) is 12.8. The van der Waals surface area contributed by atoms with Crippen molar-refractivity contribution in [2.45, 2.75) is 97.3 Å². The summed E-state index contributed by atoms with van der Waals surface area (Å²) in [6.45, 7) is 30.2. The first-order valence-corrected chi connectivity index (χ1v) is 19.7. The van der Waals surface area contributed by atoms with Gasteiger partial charge in [-0.3, -0.25) is 0 Å². The van der Waals surface area contributed by atoms with Crippen LogP contribution in [0.1, 0.15) is 82.4 Å². The van der Waals surface area contributed by atoms with Crippen LogP contribution in [0.2, 0.25) is 19.6 Å². The Morgan fingerprint density at radius 3 is 2.48 bits per heavy atom. The fraction of sp³-hybridized carbons (Fsp3) is 0.410. The molecule has 44 heavy (non-hydrogen) atoms. The Morgan fingerprint density at radius 1 is 1.11 bits per heavy atom. The fourth-order valence-corrected chi connectivity index (χ4v) is 9.19. The molecule has 3 aliphatic rings. The molecule has 2 aliphatic heterocycles. The van der Waals surface area contributed by atoms with Gasteiger partial charge in [0.05, 0.1) is 19.7 Å². The Balaban J connectivity index is 1.72. The molecule has 1 fully saturated rings. The monoisotopic (exact) mass is 604 g/mol. The van der Waals surface area contributed by atoms with Crippen molar-refractivity contribution in [3.63, 3.8) is 0 Å². The summed E-state index contributed by atoms with van der Waals surface area (Å²) in [6, 6.07) is 11.6. The number of ether oxygens (including phenoxy) is 1. The van der Waals surface area contributed by atoms with Gasteiger partial charge < -0.3 is 4.74 Å². The van der Waals surface area contributed by atoms with Crippen LogP contribution < -0.4 is 9.75 Å². The van der Waals surface area contributed by atoms with Gasteiger partial charge in [0.15, 0.2) is 6.20 Å². The second-order valence-corrected chi connectivity index (χ2v) is 19.3. The fourth-order valence-electron chi connectivity index (χ4n) is 7.53. The van der Waals surface area contributed by atoms with Gasteiger partial charge in [-0.2, -0.15) is 4.57 Å². The van der Waals surface area contributed by atoms with Crippen LogP contribution in [-0.2, 0) is 11.2 Å².